The summed E-state index contributed by atoms with van der Waals surface area (Å²) in [6, 6.07) is 2.99. The Kier molecular flexibility index (Phi) is 6.70. The molecule has 2 fully saturated rings. The SMILES string of the molecule is CCC(CC)C(=O)N=C1SC2CS(=O)(=O)CC2N1c1cc(Cl)c(OC)cc1OC. The number of thioether (sulfide) groups is 1. The van der Waals surface area contributed by atoms with E-state index in [1.165, 1.54) is 26.0 Å². The van der Waals surface area contributed by atoms with Crippen molar-refractivity contribution in [3.63, 3.8) is 0 Å². The monoisotopic (exact) mass is 460 g/mol. The molecular formula is C19H25ClN2O5S2. The quantitative estimate of drug-likeness (QED) is 0.643. The minimum absolute atomic E-state index is 0.00430. The molecule has 0 spiro atoms. The number of aliphatic imine (C=N–C) groups is 1. The second-order valence-corrected chi connectivity index (χ2v) is 10.8. The van der Waals surface area contributed by atoms with Gasteiger partial charge in [-0.1, -0.05) is 37.2 Å². The first-order valence-corrected chi connectivity index (χ1v) is 12.5. The molecule has 0 radical (unpaired) electrons. The normalized spacial score (nSPS) is 24.2. The molecule has 2 saturated heterocycles. The number of amidine groups is 1. The van der Waals surface area contributed by atoms with Crippen LogP contribution in [0.5, 0.6) is 11.5 Å². The second kappa shape index (κ2) is 8.73. The maximum Gasteiger partial charge on any atom is 0.251 e. The van der Waals surface area contributed by atoms with Gasteiger partial charge in [-0.2, -0.15) is 4.99 Å². The van der Waals surface area contributed by atoms with Crippen LogP contribution in [0.3, 0.4) is 0 Å². The first-order chi connectivity index (χ1) is 13.7. The zero-order valence-corrected chi connectivity index (χ0v) is 19.2. The van der Waals surface area contributed by atoms with Gasteiger partial charge in [-0.05, 0) is 18.9 Å². The summed E-state index contributed by atoms with van der Waals surface area (Å²) in [6.45, 7) is 3.92. The van der Waals surface area contributed by atoms with Gasteiger partial charge in [-0.15, -0.1) is 0 Å². The molecule has 7 nitrogen and oxygen atoms in total. The molecule has 1 aromatic rings. The number of hydrogen-bond donors (Lipinski definition) is 0. The molecule has 2 aliphatic rings. The number of anilines is 1. The number of rotatable bonds is 6. The lowest BCUT2D eigenvalue weighted by Gasteiger charge is -2.27. The Bertz CT molecular complexity index is 931. The molecule has 3 rings (SSSR count). The van der Waals surface area contributed by atoms with Crippen molar-refractivity contribution in [1.29, 1.82) is 0 Å². The standard InChI is InChI=1S/C19H25ClN2O5S2/c1-5-11(6-2)18(23)21-19-22(14-9-29(24,25)10-17(14)28-19)13-7-12(20)15(26-3)8-16(13)27-4/h7-8,11,14,17H,5-6,9-10H2,1-4H3. The van der Waals surface area contributed by atoms with Gasteiger partial charge in [0.15, 0.2) is 15.0 Å². The zero-order chi connectivity index (χ0) is 21.3. The van der Waals surface area contributed by atoms with E-state index in [1.54, 1.807) is 17.0 Å². The fourth-order valence-corrected chi connectivity index (χ4v) is 7.85. The molecule has 1 amide bonds. The molecule has 2 heterocycles. The Balaban J connectivity index is 2.10. The number of methoxy groups -OCH3 is 2. The predicted molar refractivity (Wildman–Crippen MR) is 117 cm³/mol. The van der Waals surface area contributed by atoms with Crippen molar-refractivity contribution in [3.05, 3.63) is 17.2 Å². The minimum atomic E-state index is -3.17. The maximum atomic E-state index is 12.7. The number of nitrogens with zero attached hydrogens (tertiary/aromatic N) is 2. The van der Waals surface area contributed by atoms with Crippen molar-refractivity contribution in [1.82, 2.24) is 0 Å². The van der Waals surface area contributed by atoms with Crippen molar-refractivity contribution in [2.24, 2.45) is 10.9 Å². The van der Waals surface area contributed by atoms with E-state index in [4.69, 9.17) is 21.1 Å². The molecule has 0 aromatic heterocycles. The van der Waals surface area contributed by atoms with Gasteiger partial charge in [0.25, 0.3) is 5.91 Å². The summed E-state index contributed by atoms with van der Waals surface area (Å²) in [5, 5.41) is 0.661. The summed E-state index contributed by atoms with van der Waals surface area (Å²) in [6.07, 6.45) is 1.41. The third kappa shape index (κ3) is 4.36. The lowest BCUT2D eigenvalue weighted by molar-refractivity contribution is -0.121. The number of hydrogen-bond acceptors (Lipinski definition) is 6. The van der Waals surface area contributed by atoms with E-state index in [9.17, 15) is 13.2 Å². The second-order valence-electron chi connectivity index (χ2n) is 7.08. The highest BCUT2D eigenvalue weighted by molar-refractivity contribution is 8.16. The molecule has 2 aliphatic heterocycles. The van der Waals surface area contributed by atoms with Gasteiger partial charge >= 0.3 is 0 Å². The van der Waals surface area contributed by atoms with Crippen LogP contribution in [-0.2, 0) is 14.6 Å². The van der Waals surface area contributed by atoms with Gasteiger partial charge in [0, 0.05) is 17.2 Å². The number of carbonyl (C=O) groups is 1. The molecule has 160 valence electrons. The van der Waals surface area contributed by atoms with E-state index in [0.717, 1.165) is 0 Å². The van der Waals surface area contributed by atoms with Crippen LogP contribution in [0.4, 0.5) is 5.69 Å². The third-order valence-electron chi connectivity index (χ3n) is 5.32. The maximum absolute atomic E-state index is 12.7. The largest absolute Gasteiger partial charge is 0.495 e. The van der Waals surface area contributed by atoms with Crippen molar-refractivity contribution in [3.8, 4) is 11.5 Å². The van der Waals surface area contributed by atoms with Crippen LogP contribution in [0.2, 0.25) is 5.02 Å². The average molecular weight is 461 g/mol. The molecule has 0 saturated carbocycles. The molecule has 0 N–H and O–H groups in total. The molecule has 29 heavy (non-hydrogen) atoms. The molecule has 0 bridgehead atoms. The van der Waals surface area contributed by atoms with Gasteiger partial charge in [-0.25, -0.2) is 8.42 Å². The van der Waals surface area contributed by atoms with Crippen LogP contribution in [0.25, 0.3) is 0 Å². The number of sulfone groups is 1. The number of benzene rings is 1. The van der Waals surface area contributed by atoms with Gasteiger partial charge in [0.1, 0.15) is 11.5 Å². The van der Waals surface area contributed by atoms with E-state index in [2.05, 4.69) is 4.99 Å². The van der Waals surface area contributed by atoms with Crippen molar-refractivity contribution < 1.29 is 22.7 Å². The van der Waals surface area contributed by atoms with Crippen LogP contribution in [0, 0.1) is 5.92 Å². The Morgan fingerprint density at radius 3 is 2.48 bits per heavy atom. The number of fused-ring (bicyclic) bond motifs is 1. The van der Waals surface area contributed by atoms with Crippen LogP contribution < -0.4 is 14.4 Å². The first kappa shape index (κ1) is 22.2. The average Bonchev–Trinajstić information content (AvgIpc) is 3.13. The lowest BCUT2D eigenvalue weighted by atomic mass is 10.0. The smallest absolute Gasteiger partial charge is 0.251 e. The van der Waals surface area contributed by atoms with Crippen molar-refractivity contribution >= 4 is 50.0 Å². The van der Waals surface area contributed by atoms with Crippen LogP contribution in [0.15, 0.2) is 17.1 Å². The van der Waals surface area contributed by atoms with Crippen LogP contribution in [-0.4, -0.2) is 56.5 Å². The third-order valence-corrected chi connectivity index (χ3v) is 8.83. The predicted octanol–water partition coefficient (Wildman–Crippen LogP) is 3.39. The van der Waals surface area contributed by atoms with Crippen molar-refractivity contribution in [2.75, 3.05) is 30.6 Å². The van der Waals surface area contributed by atoms with E-state index in [1.807, 2.05) is 13.8 Å². The Morgan fingerprint density at radius 1 is 1.24 bits per heavy atom. The van der Waals surface area contributed by atoms with E-state index >= 15 is 0 Å². The molecule has 0 aliphatic carbocycles. The van der Waals surface area contributed by atoms with Crippen LogP contribution in [0.1, 0.15) is 26.7 Å². The number of ether oxygens (including phenoxy) is 2. The van der Waals surface area contributed by atoms with E-state index in [0.29, 0.717) is 40.2 Å². The molecule has 2 unspecified atom stereocenters. The van der Waals surface area contributed by atoms with E-state index in [-0.39, 0.29) is 34.6 Å². The summed E-state index contributed by atoms with van der Waals surface area (Å²) in [5.41, 5.74) is 0.575. The lowest BCUT2D eigenvalue weighted by Crippen LogP contribution is -2.38. The number of carbonyl (C=O) groups excluding carboxylic acids is 1. The van der Waals surface area contributed by atoms with Gasteiger partial charge in [-0.3, -0.25) is 4.79 Å². The van der Waals surface area contributed by atoms with E-state index < -0.39 is 9.84 Å². The highest BCUT2D eigenvalue weighted by atomic mass is 35.5. The Morgan fingerprint density at radius 2 is 1.90 bits per heavy atom. The van der Waals surface area contributed by atoms with Gasteiger partial charge in [0.05, 0.1) is 42.5 Å². The first-order valence-electron chi connectivity index (χ1n) is 9.44. The number of halogens is 1. The van der Waals surface area contributed by atoms with Crippen LogP contribution >= 0.6 is 23.4 Å². The summed E-state index contributed by atoms with van der Waals surface area (Å²) in [7, 11) is -0.142. The summed E-state index contributed by atoms with van der Waals surface area (Å²) in [5.74, 6) is 0.624. The summed E-state index contributed by atoms with van der Waals surface area (Å²) < 4.78 is 35.3. The van der Waals surface area contributed by atoms with Gasteiger partial charge in [0.2, 0.25) is 0 Å². The highest BCUT2D eigenvalue weighted by Crippen LogP contribution is 2.46. The fourth-order valence-electron chi connectivity index (χ4n) is 3.70. The van der Waals surface area contributed by atoms with Gasteiger partial charge < -0.3 is 14.4 Å². The topological polar surface area (TPSA) is 85.3 Å². The molecule has 10 heteroatoms. The zero-order valence-electron chi connectivity index (χ0n) is 16.8. The molecular weight excluding hydrogens is 436 g/mol. The molecule has 1 aromatic carbocycles. The Labute approximate surface area is 180 Å². The Hall–Kier alpha value is -1.45. The summed E-state index contributed by atoms with van der Waals surface area (Å²) in [4.78, 5) is 18.9. The van der Waals surface area contributed by atoms with Crippen molar-refractivity contribution in [2.45, 2.75) is 38.0 Å². The fraction of sp³-hybridized carbons (Fsp3) is 0.579. The number of amides is 1. The highest BCUT2D eigenvalue weighted by Gasteiger charge is 2.50. The minimum Gasteiger partial charge on any atom is -0.495 e. The molecule has 2 atom stereocenters. The summed E-state index contributed by atoms with van der Waals surface area (Å²) >= 11 is 7.68.